The molecule has 168 valence electrons. The zero-order chi connectivity index (χ0) is 23.2. The first kappa shape index (κ1) is 21.7. The molecule has 0 aliphatic carbocycles. The van der Waals surface area contributed by atoms with Crippen molar-refractivity contribution in [3.8, 4) is 11.1 Å². The molecule has 4 aromatic rings. The second-order valence-corrected chi connectivity index (χ2v) is 9.06. The van der Waals surface area contributed by atoms with Gasteiger partial charge in [0.25, 0.3) is 5.91 Å². The van der Waals surface area contributed by atoms with Crippen LogP contribution in [0.25, 0.3) is 22.2 Å². The highest BCUT2D eigenvalue weighted by Crippen LogP contribution is 2.38. The topological polar surface area (TPSA) is 114 Å². The molecule has 7 nitrogen and oxygen atoms in total. The number of fused-ring (bicyclic) bond motifs is 1. The van der Waals surface area contributed by atoms with Gasteiger partial charge in [0.2, 0.25) is 5.95 Å². The van der Waals surface area contributed by atoms with E-state index < -0.39 is 11.4 Å². The Morgan fingerprint density at radius 3 is 2.42 bits per heavy atom. The normalized spacial score (nSPS) is 15.7. The fourth-order valence-corrected chi connectivity index (χ4v) is 4.83. The number of primary amides is 1. The molecule has 2 aromatic heterocycles. The Morgan fingerprint density at radius 2 is 1.73 bits per heavy atom. The summed E-state index contributed by atoms with van der Waals surface area (Å²) >= 11 is 12.6. The van der Waals surface area contributed by atoms with Gasteiger partial charge in [0.15, 0.2) is 0 Å². The average Bonchev–Trinajstić information content (AvgIpc) is 3.25. The monoisotopic (exact) mass is 480 g/mol. The number of piperidine rings is 1. The standard InChI is InChI=1S/C24H22Cl2N6O/c25-17-8-4-7-15(19(17)26)16-13-29-22-18(16)20(21(27)33)30-23(31-22)32-11-9-24(28,10-12-32)14-5-2-1-3-6-14/h1-8,13H,9-12,28H2,(H2,27,33)(H,29,30,31). The first-order valence-electron chi connectivity index (χ1n) is 10.6. The second kappa shape index (κ2) is 8.33. The SMILES string of the molecule is NC(=O)c1nc(N2CCC(N)(c3ccccc3)CC2)nc2[nH]cc(-c3cccc(Cl)c3Cl)c12. The van der Waals surface area contributed by atoms with Crippen LogP contribution >= 0.6 is 23.2 Å². The van der Waals surface area contributed by atoms with Gasteiger partial charge >= 0.3 is 0 Å². The molecule has 0 bridgehead atoms. The zero-order valence-corrected chi connectivity index (χ0v) is 19.2. The van der Waals surface area contributed by atoms with Crippen LogP contribution in [0.2, 0.25) is 10.0 Å². The van der Waals surface area contributed by atoms with Crippen molar-refractivity contribution >= 4 is 46.1 Å². The molecule has 33 heavy (non-hydrogen) atoms. The van der Waals surface area contributed by atoms with E-state index in [1.165, 1.54) is 0 Å². The lowest BCUT2D eigenvalue weighted by Crippen LogP contribution is -2.48. The van der Waals surface area contributed by atoms with E-state index in [0.717, 1.165) is 18.4 Å². The van der Waals surface area contributed by atoms with Crippen molar-refractivity contribution in [2.75, 3.05) is 18.0 Å². The fourth-order valence-electron chi connectivity index (χ4n) is 4.43. The number of amides is 1. The molecular weight excluding hydrogens is 459 g/mol. The molecule has 0 saturated carbocycles. The number of H-pyrrole nitrogens is 1. The Morgan fingerprint density at radius 1 is 1.00 bits per heavy atom. The van der Waals surface area contributed by atoms with Crippen molar-refractivity contribution in [3.63, 3.8) is 0 Å². The van der Waals surface area contributed by atoms with Gasteiger partial charge in [0, 0.05) is 36.0 Å². The average molecular weight is 481 g/mol. The van der Waals surface area contributed by atoms with E-state index >= 15 is 0 Å². The number of halogens is 2. The van der Waals surface area contributed by atoms with Crippen LogP contribution in [0.5, 0.6) is 0 Å². The van der Waals surface area contributed by atoms with Gasteiger partial charge < -0.3 is 21.4 Å². The molecule has 1 saturated heterocycles. The predicted molar refractivity (Wildman–Crippen MR) is 132 cm³/mol. The molecule has 5 rings (SSSR count). The van der Waals surface area contributed by atoms with Gasteiger partial charge in [-0.2, -0.15) is 4.98 Å². The molecule has 0 spiro atoms. The van der Waals surface area contributed by atoms with Crippen molar-refractivity contribution in [3.05, 3.63) is 76.0 Å². The maximum Gasteiger partial charge on any atom is 0.268 e. The van der Waals surface area contributed by atoms with Crippen molar-refractivity contribution in [1.82, 2.24) is 15.0 Å². The summed E-state index contributed by atoms with van der Waals surface area (Å²) in [7, 11) is 0. The molecular formula is C24H22Cl2N6O. The Balaban J connectivity index is 1.51. The van der Waals surface area contributed by atoms with E-state index in [4.69, 9.17) is 39.7 Å². The highest BCUT2D eigenvalue weighted by molar-refractivity contribution is 6.44. The summed E-state index contributed by atoms with van der Waals surface area (Å²) in [5, 5.41) is 1.32. The predicted octanol–water partition coefficient (Wildman–Crippen LogP) is 4.49. The van der Waals surface area contributed by atoms with Gasteiger partial charge in [0.05, 0.1) is 15.4 Å². The molecule has 0 unspecified atom stereocenters. The van der Waals surface area contributed by atoms with Gasteiger partial charge in [-0.25, -0.2) is 4.98 Å². The lowest BCUT2D eigenvalue weighted by atomic mass is 9.82. The number of hydrogen-bond donors (Lipinski definition) is 3. The van der Waals surface area contributed by atoms with Gasteiger partial charge in [-0.3, -0.25) is 4.79 Å². The number of benzene rings is 2. The van der Waals surface area contributed by atoms with Crippen molar-refractivity contribution in [2.24, 2.45) is 11.5 Å². The molecule has 0 atom stereocenters. The molecule has 1 fully saturated rings. The summed E-state index contributed by atoms with van der Waals surface area (Å²) in [5.74, 6) is -0.200. The van der Waals surface area contributed by atoms with E-state index in [1.54, 1.807) is 18.3 Å². The van der Waals surface area contributed by atoms with Crippen molar-refractivity contribution in [1.29, 1.82) is 0 Å². The van der Waals surface area contributed by atoms with Crippen molar-refractivity contribution in [2.45, 2.75) is 18.4 Å². The van der Waals surface area contributed by atoms with Crippen LogP contribution in [0.4, 0.5) is 5.95 Å². The number of hydrogen-bond acceptors (Lipinski definition) is 5. The Bertz CT molecular complexity index is 1350. The van der Waals surface area contributed by atoms with Crippen LogP contribution in [0, 0.1) is 0 Å². The maximum absolute atomic E-state index is 12.4. The maximum atomic E-state index is 12.4. The van der Waals surface area contributed by atoms with Crippen LogP contribution in [0.3, 0.4) is 0 Å². The van der Waals surface area contributed by atoms with E-state index in [-0.39, 0.29) is 5.69 Å². The third kappa shape index (κ3) is 3.82. The fraction of sp³-hybridized carbons (Fsp3) is 0.208. The summed E-state index contributed by atoms with van der Waals surface area (Å²) in [6, 6.07) is 15.4. The van der Waals surface area contributed by atoms with E-state index in [9.17, 15) is 4.79 Å². The smallest absolute Gasteiger partial charge is 0.268 e. The summed E-state index contributed by atoms with van der Waals surface area (Å²) in [6.45, 7) is 1.31. The number of anilines is 1. The Hall–Kier alpha value is -3.13. The number of nitrogens with one attached hydrogen (secondary N) is 1. The largest absolute Gasteiger partial charge is 0.364 e. The number of carbonyl (C=O) groups excluding carboxylic acids is 1. The number of nitrogens with two attached hydrogens (primary N) is 2. The summed E-state index contributed by atoms with van der Waals surface area (Å²) in [6.07, 6.45) is 3.21. The molecule has 0 radical (unpaired) electrons. The van der Waals surface area contributed by atoms with Gasteiger partial charge in [0.1, 0.15) is 11.3 Å². The third-order valence-corrected chi connectivity index (χ3v) is 7.10. The van der Waals surface area contributed by atoms with Crippen LogP contribution < -0.4 is 16.4 Å². The Kier molecular flexibility index (Phi) is 5.48. The number of rotatable bonds is 4. The third-order valence-electron chi connectivity index (χ3n) is 6.28. The minimum Gasteiger partial charge on any atom is -0.364 e. The molecule has 2 aromatic carbocycles. The Labute approximate surface area is 200 Å². The van der Waals surface area contributed by atoms with Gasteiger partial charge in [-0.1, -0.05) is 65.7 Å². The van der Waals surface area contributed by atoms with Crippen LogP contribution in [-0.2, 0) is 5.54 Å². The second-order valence-electron chi connectivity index (χ2n) is 8.27. The van der Waals surface area contributed by atoms with Crippen molar-refractivity contribution < 1.29 is 4.79 Å². The number of nitrogens with zero attached hydrogens (tertiary/aromatic N) is 3. The van der Waals surface area contributed by atoms with Crippen LogP contribution in [0.15, 0.2) is 54.7 Å². The minimum absolute atomic E-state index is 0.134. The zero-order valence-electron chi connectivity index (χ0n) is 17.7. The molecule has 1 aliphatic rings. The molecule has 1 aliphatic heterocycles. The number of aromatic amines is 1. The molecule has 5 N–H and O–H groups in total. The summed E-state index contributed by atoms with van der Waals surface area (Å²) in [5.41, 5.74) is 15.1. The molecule has 9 heteroatoms. The minimum atomic E-state index is -0.642. The highest BCUT2D eigenvalue weighted by atomic mass is 35.5. The first-order valence-corrected chi connectivity index (χ1v) is 11.4. The number of aromatic nitrogens is 3. The van der Waals surface area contributed by atoms with Crippen LogP contribution in [-0.4, -0.2) is 33.9 Å². The van der Waals surface area contributed by atoms with Crippen LogP contribution in [0.1, 0.15) is 28.9 Å². The van der Waals surface area contributed by atoms with Gasteiger partial charge in [-0.05, 0) is 24.5 Å². The number of carbonyl (C=O) groups is 1. The highest BCUT2D eigenvalue weighted by Gasteiger charge is 2.33. The molecule has 1 amide bonds. The van der Waals surface area contributed by atoms with E-state index in [2.05, 4.69) is 22.1 Å². The lowest BCUT2D eigenvalue weighted by Gasteiger charge is -2.39. The van der Waals surface area contributed by atoms with E-state index in [1.807, 2.05) is 29.2 Å². The first-order chi connectivity index (χ1) is 15.9. The lowest BCUT2D eigenvalue weighted by molar-refractivity contribution is 0.0997. The summed E-state index contributed by atoms with van der Waals surface area (Å²) in [4.78, 5) is 26.8. The summed E-state index contributed by atoms with van der Waals surface area (Å²) < 4.78 is 0. The van der Waals surface area contributed by atoms with E-state index in [0.29, 0.717) is 51.2 Å². The van der Waals surface area contributed by atoms with Gasteiger partial charge in [-0.15, -0.1) is 0 Å². The molecule has 3 heterocycles. The quantitative estimate of drug-likeness (QED) is 0.398.